The lowest BCUT2D eigenvalue weighted by Gasteiger charge is -2.14. The molecule has 0 aliphatic rings. The van der Waals surface area contributed by atoms with Crippen LogP contribution in [0.15, 0.2) is 23.1 Å². The summed E-state index contributed by atoms with van der Waals surface area (Å²) < 4.78 is 26.4. The van der Waals surface area contributed by atoms with Crippen molar-refractivity contribution >= 4 is 27.3 Å². The standard InChI is InChI=1S/C12H17ClN2O5S/c1-8(2)5-10(16)7-14-21(19,20)12-6-9(15(17)18)3-4-11(12)13/h3-4,6,8,10,14,16H,5,7H2,1-2H3. The van der Waals surface area contributed by atoms with E-state index in [1.807, 2.05) is 13.8 Å². The van der Waals surface area contributed by atoms with Crippen molar-refractivity contribution in [2.75, 3.05) is 6.54 Å². The first-order chi connectivity index (χ1) is 9.63. The zero-order valence-corrected chi connectivity index (χ0v) is 13.2. The molecule has 1 rings (SSSR count). The summed E-state index contributed by atoms with van der Waals surface area (Å²) in [6, 6.07) is 3.16. The molecule has 0 aromatic heterocycles. The Kier molecular flexibility index (Phi) is 6.09. The molecule has 2 N–H and O–H groups in total. The molecule has 1 aromatic rings. The number of hydrogen-bond donors (Lipinski definition) is 2. The topological polar surface area (TPSA) is 110 Å². The molecule has 1 aromatic carbocycles. The Morgan fingerprint density at radius 2 is 2.05 bits per heavy atom. The minimum Gasteiger partial charge on any atom is -0.392 e. The maximum absolute atomic E-state index is 12.1. The summed E-state index contributed by atoms with van der Waals surface area (Å²) in [5.74, 6) is 0.214. The fourth-order valence-corrected chi connectivity index (χ4v) is 3.31. The first kappa shape index (κ1) is 17.8. The van der Waals surface area contributed by atoms with Crippen molar-refractivity contribution in [2.24, 2.45) is 5.92 Å². The zero-order chi connectivity index (χ0) is 16.2. The van der Waals surface area contributed by atoms with E-state index in [1.165, 1.54) is 0 Å². The van der Waals surface area contributed by atoms with Crippen molar-refractivity contribution in [1.82, 2.24) is 4.72 Å². The van der Waals surface area contributed by atoms with E-state index in [0.29, 0.717) is 6.42 Å². The number of nitro groups is 1. The summed E-state index contributed by atoms with van der Waals surface area (Å²) in [5, 5.41) is 20.2. The highest BCUT2D eigenvalue weighted by atomic mass is 35.5. The lowest BCUT2D eigenvalue weighted by molar-refractivity contribution is -0.385. The summed E-state index contributed by atoms with van der Waals surface area (Å²) in [7, 11) is -4.02. The molecule has 0 radical (unpaired) electrons. The van der Waals surface area contributed by atoms with Crippen LogP contribution in [0.25, 0.3) is 0 Å². The third-order valence-corrected chi connectivity index (χ3v) is 4.57. The zero-order valence-electron chi connectivity index (χ0n) is 11.6. The fraction of sp³-hybridized carbons (Fsp3) is 0.500. The minimum absolute atomic E-state index is 0.119. The van der Waals surface area contributed by atoms with Crippen LogP contribution >= 0.6 is 11.6 Å². The third-order valence-electron chi connectivity index (χ3n) is 2.67. The average molecular weight is 337 g/mol. The van der Waals surface area contributed by atoms with Gasteiger partial charge in [0.15, 0.2) is 0 Å². The monoisotopic (exact) mass is 336 g/mol. The van der Waals surface area contributed by atoms with Gasteiger partial charge in [-0.3, -0.25) is 10.1 Å². The molecular formula is C12H17ClN2O5S. The van der Waals surface area contributed by atoms with Gasteiger partial charge in [-0.05, 0) is 18.4 Å². The van der Waals surface area contributed by atoms with Crippen LogP contribution in [0.2, 0.25) is 5.02 Å². The van der Waals surface area contributed by atoms with Gasteiger partial charge in [-0.2, -0.15) is 0 Å². The lowest BCUT2D eigenvalue weighted by atomic mass is 10.1. The van der Waals surface area contributed by atoms with Crippen LogP contribution in [0, 0.1) is 16.0 Å². The number of sulfonamides is 1. The number of aliphatic hydroxyl groups is 1. The molecule has 0 aliphatic carbocycles. The van der Waals surface area contributed by atoms with Gasteiger partial charge >= 0.3 is 0 Å². The normalized spacial score (nSPS) is 13.4. The van der Waals surface area contributed by atoms with Gasteiger partial charge in [0.25, 0.3) is 5.69 Å². The van der Waals surface area contributed by atoms with Crippen LogP contribution in [-0.2, 0) is 10.0 Å². The molecule has 0 saturated carbocycles. The molecule has 1 atom stereocenters. The molecule has 0 spiro atoms. The van der Waals surface area contributed by atoms with Crippen molar-refractivity contribution in [3.05, 3.63) is 33.3 Å². The van der Waals surface area contributed by atoms with E-state index in [0.717, 1.165) is 18.2 Å². The van der Waals surface area contributed by atoms with Crippen molar-refractivity contribution in [3.8, 4) is 0 Å². The van der Waals surface area contributed by atoms with Crippen LogP contribution in [0.1, 0.15) is 20.3 Å². The van der Waals surface area contributed by atoms with Gasteiger partial charge in [-0.15, -0.1) is 0 Å². The van der Waals surface area contributed by atoms with E-state index in [-0.39, 0.29) is 28.1 Å². The number of non-ortho nitro benzene ring substituents is 1. The molecule has 21 heavy (non-hydrogen) atoms. The Bertz CT molecular complexity index is 618. The fourth-order valence-electron chi connectivity index (χ4n) is 1.72. The van der Waals surface area contributed by atoms with Crippen LogP contribution in [0.3, 0.4) is 0 Å². The smallest absolute Gasteiger partial charge is 0.270 e. The Morgan fingerprint density at radius 3 is 2.57 bits per heavy atom. The number of nitrogens with one attached hydrogen (secondary N) is 1. The second-order valence-electron chi connectivity index (χ2n) is 5.01. The predicted octanol–water partition coefficient (Wildman–Crippen LogP) is 1.93. The summed E-state index contributed by atoms with van der Waals surface area (Å²) in [5.41, 5.74) is -0.373. The quantitative estimate of drug-likeness (QED) is 0.584. The number of rotatable bonds is 7. The highest BCUT2D eigenvalue weighted by Gasteiger charge is 2.22. The van der Waals surface area contributed by atoms with Gasteiger partial charge in [0.1, 0.15) is 4.90 Å². The highest BCUT2D eigenvalue weighted by molar-refractivity contribution is 7.89. The molecule has 0 heterocycles. The number of nitrogens with zero attached hydrogens (tertiary/aromatic N) is 1. The predicted molar refractivity (Wildman–Crippen MR) is 78.8 cm³/mol. The molecule has 9 heteroatoms. The molecular weight excluding hydrogens is 320 g/mol. The number of halogens is 1. The SMILES string of the molecule is CC(C)CC(O)CNS(=O)(=O)c1cc([N+](=O)[O-])ccc1Cl. The second kappa shape index (κ2) is 7.17. The summed E-state index contributed by atoms with van der Waals surface area (Å²) in [6.45, 7) is 3.61. The van der Waals surface area contributed by atoms with Crippen molar-refractivity contribution < 1.29 is 18.4 Å². The largest absolute Gasteiger partial charge is 0.392 e. The van der Waals surface area contributed by atoms with Gasteiger partial charge < -0.3 is 5.11 Å². The van der Waals surface area contributed by atoms with E-state index < -0.39 is 21.1 Å². The maximum Gasteiger partial charge on any atom is 0.270 e. The molecule has 7 nitrogen and oxygen atoms in total. The van der Waals surface area contributed by atoms with E-state index in [9.17, 15) is 23.6 Å². The summed E-state index contributed by atoms with van der Waals surface area (Å²) in [6.07, 6.45) is -0.400. The van der Waals surface area contributed by atoms with E-state index >= 15 is 0 Å². The average Bonchev–Trinajstić information content (AvgIpc) is 2.35. The van der Waals surface area contributed by atoms with Crippen molar-refractivity contribution in [2.45, 2.75) is 31.3 Å². The Morgan fingerprint density at radius 1 is 1.43 bits per heavy atom. The lowest BCUT2D eigenvalue weighted by Crippen LogP contribution is -2.33. The second-order valence-corrected chi connectivity index (χ2v) is 7.15. The molecule has 0 amide bonds. The molecule has 1 unspecified atom stereocenters. The summed E-state index contributed by atoms with van der Waals surface area (Å²) in [4.78, 5) is 9.60. The summed E-state index contributed by atoms with van der Waals surface area (Å²) >= 11 is 5.78. The number of benzene rings is 1. The number of nitro benzene ring substituents is 1. The highest BCUT2D eigenvalue weighted by Crippen LogP contribution is 2.26. The van der Waals surface area contributed by atoms with Gasteiger partial charge in [0, 0.05) is 18.7 Å². The van der Waals surface area contributed by atoms with Crippen LogP contribution in [-0.4, -0.2) is 31.1 Å². The van der Waals surface area contributed by atoms with Crippen LogP contribution in [0.5, 0.6) is 0 Å². The molecule has 0 aliphatic heterocycles. The van der Waals surface area contributed by atoms with Crippen LogP contribution < -0.4 is 4.72 Å². The van der Waals surface area contributed by atoms with Crippen LogP contribution in [0.4, 0.5) is 5.69 Å². The Labute approximate surface area is 128 Å². The number of aliphatic hydroxyl groups excluding tert-OH is 1. The molecule has 0 saturated heterocycles. The number of hydrogen-bond acceptors (Lipinski definition) is 5. The van der Waals surface area contributed by atoms with Crippen molar-refractivity contribution in [3.63, 3.8) is 0 Å². The Balaban J connectivity index is 2.92. The van der Waals surface area contributed by atoms with E-state index in [4.69, 9.17) is 11.6 Å². The van der Waals surface area contributed by atoms with Gasteiger partial charge in [-0.1, -0.05) is 25.4 Å². The third kappa shape index (κ3) is 5.24. The van der Waals surface area contributed by atoms with Gasteiger partial charge in [-0.25, -0.2) is 13.1 Å². The van der Waals surface area contributed by atoms with Gasteiger partial charge in [0.05, 0.1) is 16.0 Å². The Hall–Kier alpha value is -1.22. The maximum atomic E-state index is 12.1. The van der Waals surface area contributed by atoms with E-state index in [1.54, 1.807) is 0 Å². The first-order valence-corrected chi connectivity index (χ1v) is 8.11. The van der Waals surface area contributed by atoms with E-state index in [2.05, 4.69) is 4.72 Å². The molecule has 0 bridgehead atoms. The van der Waals surface area contributed by atoms with Gasteiger partial charge in [0.2, 0.25) is 10.0 Å². The minimum atomic E-state index is -4.02. The molecule has 0 fully saturated rings. The molecule has 118 valence electrons. The first-order valence-electron chi connectivity index (χ1n) is 6.25. The van der Waals surface area contributed by atoms with Crippen molar-refractivity contribution in [1.29, 1.82) is 0 Å².